The molecule has 28 heavy (non-hydrogen) atoms. The molecule has 9 heteroatoms. The third kappa shape index (κ3) is 3.90. The second-order valence-corrected chi connectivity index (χ2v) is 9.59. The summed E-state index contributed by atoms with van der Waals surface area (Å²) in [5, 5.41) is 13.3. The second kappa shape index (κ2) is 7.21. The van der Waals surface area contributed by atoms with Gasteiger partial charge in [0.2, 0.25) is 12.7 Å². The number of nitrogens with one attached hydrogen (secondary N) is 1. The van der Waals surface area contributed by atoms with E-state index in [0.29, 0.717) is 10.8 Å². The Hall–Kier alpha value is -2.39. The van der Waals surface area contributed by atoms with Crippen LogP contribution in [0.25, 0.3) is 21.5 Å². The Kier molecular flexibility index (Phi) is 4.88. The smallest absolute Gasteiger partial charge is 0.231 e. The highest BCUT2D eigenvalue weighted by molar-refractivity contribution is 8.00. The van der Waals surface area contributed by atoms with Crippen LogP contribution in [-0.4, -0.2) is 39.2 Å². The number of hydrogen-bond acceptors (Lipinski definition) is 8. The molecular weight excluding hydrogens is 396 g/mol. The van der Waals surface area contributed by atoms with Gasteiger partial charge in [-0.05, 0) is 45.9 Å². The first-order valence-electron chi connectivity index (χ1n) is 8.78. The molecule has 0 saturated carbocycles. The number of carbonyl (C=O) groups is 1. The summed E-state index contributed by atoms with van der Waals surface area (Å²) in [5.74, 6) is 1.65. The van der Waals surface area contributed by atoms with E-state index in [1.807, 2.05) is 45.9 Å². The van der Waals surface area contributed by atoms with Gasteiger partial charge in [0, 0.05) is 11.1 Å². The summed E-state index contributed by atoms with van der Waals surface area (Å²) in [6, 6.07) is 5.72. The Morgan fingerprint density at radius 1 is 1.25 bits per heavy atom. The van der Waals surface area contributed by atoms with E-state index in [2.05, 4.69) is 20.5 Å². The molecular formula is C19H20N4O3S2. The average Bonchev–Trinajstić information content (AvgIpc) is 3.23. The van der Waals surface area contributed by atoms with Crippen LogP contribution in [-0.2, 0) is 4.79 Å². The van der Waals surface area contributed by atoms with E-state index in [4.69, 9.17) is 9.47 Å². The number of ether oxygens (including phenoxy) is 2. The summed E-state index contributed by atoms with van der Waals surface area (Å²) < 4.78 is 11.8. The number of fused-ring (bicyclic) bond motifs is 2. The molecule has 0 fully saturated rings. The van der Waals surface area contributed by atoms with Crippen molar-refractivity contribution in [3.05, 3.63) is 23.2 Å². The molecule has 1 aromatic carbocycles. The molecule has 0 unspecified atom stereocenters. The van der Waals surface area contributed by atoms with E-state index in [-0.39, 0.29) is 24.0 Å². The van der Waals surface area contributed by atoms with Crippen molar-refractivity contribution in [2.75, 3.05) is 12.5 Å². The predicted octanol–water partition coefficient (Wildman–Crippen LogP) is 3.80. The highest BCUT2D eigenvalue weighted by Crippen LogP contribution is 2.39. The Morgan fingerprint density at radius 3 is 2.82 bits per heavy atom. The van der Waals surface area contributed by atoms with Gasteiger partial charge in [-0.25, -0.2) is 4.98 Å². The van der Waals surface area contributed by atoms with Crippen molar-refractivity contribution < 1.29 is 14.3 Å². The van der Waals surface area contributed by atoms with Crippen molar-refractivity contribution >= 4 is 39.2 Å². The molecule has 0 aliphatic carbocycles. The van der Waals surface area contributed by atoms with E-state index in [1.54, 1.807) is 11.3 Å². The summed E-state index contributed by atoms with van der Waals surface area (Å²) in [7, 11) is 0. The number of hydrogen-bond donors (Lipinski definition) is 1. The number of thioether (sulfide) groups is 1. The molecule has 1 aliphatic rings. The number of nitrogens with zero attached hydrogens (tertiary/aromatic N) is 3. The van der Waals surface area contributed by atoms with Crippen molar-refractivity contribution in [1.29, 1.82) is 0 Å². The van der Waals surface area contributed by atoms with Crippen LogP contribution in [0.15, 0.2) is 23.2 Å². The molecule has 7 nitrogen and oxygen atoms in total. The fourth-order valence-electron chi connectivity index (χ4n) is 2.84. The lowest BCUT2D eigenvalue weighted by Gasteiger charge is -2.20. The molecule has 146 valence electrons. The number of amides is 1. The standard InChI is InChI=1S/C19H20N4O3S2/c1-10-20-16-17(28-10)15(11-5-6-12-13(7-11)26-9-25-12)22-23-18(16)27-8-14(24)21-19(2,3)4/h5-7H,8-9H2,1-4H3,(H,21,24). The SMILES string of the molecule is Cc1nc2c(SCC(=O)NC(C)(C)C)nnc(-c3ccc4c(c3)OCO4)c2s1. The molecule has 1 aliphatic heterocycles. The van der Waals surface area contributed by atoms with Crippen LogP contribution in [0.2, 0.25) is 0 Å². The molecule has 0 bridgehead atoms. The number of rotatable bonds is 4. The molecule has 1 N–H and O–H groups in total. The molecule has 0 atom stereocenters. The van der Waals surface area contributed by atoms with Gasteiger partial charge in [0.05, 0.1) is 15.5 Å². The van der Waals surface area contributed by atoms with Crippen LogP contribution in [0.3, 0.4) is 0 Å². The maximum atomic E-state index is 12.1. The third-order valence-electron chi connectivity index (χ3n) is 3.89. The lowest BCUT2D eigenvalue weighted by molar-refractivity contribution is -0.119. The normalized spacial score (nSPS) is 13.1. The van der Waals surface area contributed by atoms with Crippen molar-refractivity contribution in [2.45, 2.75) is 38.3 Å². The number of thiazole rings is 1. The van der Waals surface area contributed by atoms with E-state index in [9.17, 15) is 4.79 Å². The first-order valence-corrected chi connectivity index (χ1v) is 10.6. The highest BCUT2D eigenvalue weighted by Gasteiger charge is 2.20. The summed E-state index contributed by atoms with van der Waals surface area (Å²) in [6.45, 7) is 8.05. The number of aromatic nitrogens is 3. The Bertz CT molecular complexity index is 1060. The summed E-state index contributed by atoms with van der Waals surface area (Å²) in [6.07, 6.45) is 0. The van der Waals surface area contributed by atoms with Crippen molar-refractivity contribution in [3.8, 4) is 22.8 Å². The molecule has 3 aromatic rings. The molecule has 0 saturated heterocycles. The predicted molar refractivity (Wildman–Crippen MR) is 110 cm³/mol. The zero-order valence-corrected chi connectivity index (χ0v) is 17.7. The monoisotopic (exact) mass is 416 g/mol. The molecule has 4 rings (SSSR count). The highest BCUT2D eigenvalue weighted by atomic mass is 32.2. The van der Waals surface area contributed by atoms with Crippen LogP contribution < -0.4 is 14.8 Å². The molecule has 1 amide bonds. The van der Waals surface area contributed by atoms with Gasteiger partial charge in [-0.3, -0.25) is 4.79 Å². The number of carbonyl (C=O) groups excluding carboxylic acids is 1. The average molecular weight is 417 g/mol. The van der Waals surface area contributed by atoms with Crippen LogP contribution >= 0.6 is 23.1 Å². The minimum absolute atomic E-state index is 0.0424. The minimum atomic E-state index is -0.265. The summed E-state index contributed by atoms with van der Waals surface area (Å²) in [4.78, 5) is 16.8. The van der Waals surface area contributed by atoms with Crippen LogP contribution in [0.1, 0.15) is 25.8 Å². The maximum absolute atomic E-state index is 12.1. The summed E-state index contributed by atoms with van der Waals surface area (Å²) >= 11 is 2.92. The fraction of sp³-hybridized carbons (Fsp3) is 0.368. The molecule has 2 aromatic heterocycles. The number of aryl methyl sites for hydroxylation is 1. The lowest BCUT2D eigenvalue weighted by atomic mass is 10.1. The van der Waals surface area contributed by atoms with Crippen molar-refractivity contribution in [1.82, 2.24) is 20.5 Å². The first kappa shape index (κ1) is 18.9. The third-order valence-corrected chi connectivity index (χ3v) is 5.83. The van der Waals surface area contributed by atoms with Gasteiger partial charge in [-0.15, -0.1) is 21.5 Å². The topological polar surface area (TPSA) is 86.2 Å². The minimum Gasteiger partial charge on any atom is -0.454 e. The van der Waals surface area contributed by atoms with Gasteiger partial charge in [0.25, 0.3) is 0 Å². The lowest BCUT2D eigenvalue weighted by Crippen LogP contribution is -2.41. The van der Waals surface area contributed by atoms with Gasteiger partial charge in [0.15, 0.2) is 11.5 Å². The van der Waals surface area contributed by atoms with Crippen LogP contribution in [0, 0.1) is 6.92 Å². The van der Waals surface area contributed by atoms with Crippen molar-refractivity contribution in [2.24, 2.45) is 0 Å². The van der Waals surface area contributed by atoms with Gasteiger partial charge < -0.3 is 14.8 Å². The van der Waals surface area contributed by atoms with E-state index in [1.165, 1.54) is 11.8 Å². The van der Waals surface area contributed by atoms with Gasteiger partial charge in [-0.1, -0.05) is 11.8 Å². The van der Waals surface area contributed by atoms with Crippen molar-refractivity contribution in [3.63, 3.8) is 0 Å². The van der Waals surface area contributed by atoms with Gasteiger partial charge in [0.1, 0.15) is 16.2 Å². The maximum Gasteiger partial charge on any atom is 0.231 e. The Morgan fingerprint density at radius 2 is 2.04 bits per heavy atom. The molecule has 3 heterocycles. The zero-order valence-electron chi connectivity index (χ0n) is 16.0. The Balaban J connectivity index is 1.65. The van der Waals surface area contributed by atoms with Gasteiger partial charge in [-0.2, -0.15) is 0 Å². The second-order valence-electron chi connectivity index (χ2n) is 7.42. The number of benzene rings is 1. The zero-order chi connectivity index (χ0) is 19.9. The molecule has 0 radical (unpaired) electrons. The molecule has 0 spiro atoms. The quantitative estimate of drug-likeness (QED) is 0.648. The first-order chi connectivity index (χ1) is 13.3. The largest absolute Gasteiger partial charge is 0.454 e. The fourth-order valence-corrected chi connectivity index (χ4v) is 4.55. The van der Waals surface area contributed by atoms with Crippen LogP contribution in [0.5, 0.6) is 11.5 Å². The van der Waals surface area contributed by atoms with E-state index < -0.39 is 0 Å². The Labute approximate surface area is 170 Å². The van der Waals surface area contributed by atoms with Crippen LogP contribution in [0.4, 0.5) is 0 Å². The van der Waals surface area contributed by atoms with E-state index in [0.717, 1.165) is 32.2 Å². The van der Waals surface area contributed by atoms with E-state index >= 15 is 0 Å². The summed E-state index contributed by atoms with van der Waals surface area (Å²) in [5.41, 5.74) is 2.16. The van der Waals surface area contributed by atoms with Gasteiger partial charge >= 0.3 is 0 Å².